The third-order valence-corrected chi connectivity index (χ3v) is 6.94. The fraction of sp³-hybridized carbons (Fsp3) is 0.632. The summed E-state index contributed by atoms with van der Waals surface area (Å²) in [6.07, 6.45) is 2.61. The molecular weight excluding hydrogens is 428 g/mol. The summed E-state index contributed by atoms with van der Waals surface area (Å²) in [6, 6.07) is 3.60. The molecule has 2 N–H and O–H groups in total. The molecule has 3 heterocycles. The van der Waals surface area contributed by atoms with Gasteiger partial charge in [0, 0.05) is 45.9 Å². The molecule has 0 spiro atoms. The number of halogens is 1. The van der Waals surface area contributed by atoms with Crippen molar-refractivity contribution in [1.82, 2.24) is 20.1 Å². The van der Waals surface area contributed by atoms with Crippen LogP contribution in [0.2, 0.25) is 0 Å². The number of amides is 3. The predicted molar refractivity (Wildman–Crippen MR) is 105 cm³/mol. The van der Waals surface area contributed by atoms with Gasteiger partial charge in [-0.2, -0.15) is 0 Å². The minimum Gasteiger partial charge on any atom is -0.356 e. The normalized spacial score (nSPS) is 30.7. The molecule has 2 fully saturated rings. The van der Waals surface area contributed by atoms with Gasteiger partial charge in [0.05, 0.1) is 16.7 Å². The van der Waals surface area contributed by atoms with Crippen molar-refractivity contribution in [2.24, 2.45) is 5.92 Å². The minimum atomic E-state index is -0.709. The van der Waals surface area contributed by atoms with Crippen molar-refractivity contribution in [2.45, 2.75) is 50.4 Å². The van der Waals surface area contributed by atoms with E-state index in [0.29, 0.717) is 31.7 Å². The highest BCUT2D eigenvalue weighted by atomic mass is 79.9. The zero-order chi connectivity index (χ0) is 20.1. The van der Waals surface area contributed by atoms with E-state index in [1.165, 1.54) is 6.92 Å². The monoisotopic (exact) mass is 452 g/mol. The summed E-state index contributed by atoms with van der Waals surface area (Å²) in [4.78, 5) is 37.7. The molecule has 9 heteroatoms. The first-order valence-electron chi connectivity index (χ1n) is 9.68. The standard InChI is InChI=1S/C19H25BrN4O4/c1-11(25)21-7-3-4-8-28-19-10-14-17(12(19)9-16(26)23(19)2)22-18(27)13-5-6-15(20)24(13)14/h5-6,12,14,17H,3-4,7-10H2,1-2H3,(H,21,25)(H,22,27)/t12-,14+,17-,19-/m0/s1. The van der Waals surface area contributed by atoms with Crippen molar-refractivity contribution in [3.8, 4) is 0 Å². The fourth-order valence-corrected chi connectivity index (χ4v) is 5.54. The van der Waals surface area contributed by atoms with Crippen LogP contribution in [0.1, 0.15) is 49.1 Å². The van der Waals surface area contributed by atoms with Gasteiger partial charge in [0.25, 0.3) is 5.91 Å². The van der Waals surface area contributed by atoms with Gasteiger partial charge < -0.3 is 24.8 Å². The van der Waals surface area contributed by atoms with E-state index < -0.39 is 5.72 Å². The van der Waals surface area contributed by atoms with Crippen LogP contribution in [0, 0.1) is 5.92 Å². The molecule has 0 bridgehead atoms. The molecule has 1 saturated heterocycles. The smallest absolute Gasteiger partial charge is 0.268 e. The number of fused-ring (bicyclic) bond motifs is 5. The van der Waals surface area contributed by atoms with Gasteiger partial charge in [-0.05, 0) is 40.9 Å². The number of likely N-dealkylation sites (tertiary alicyclic amines) is 1. The second-order valence-corrected chi connectivity index (χ2v) is 8.64. The van der Waals surface area contributed by atoms with Crippen molar-refractivity contribution < 1.29 is 19.1 Å². The summed E-state index contributed by atoms with van der Waals surface area (Å²) in [5, 5.41) is 5.90. The molecule has 2 aliphatic heterocycles. The van der Waals surface area contributed by atoms with Crippen LogP contribution >= 0.6 is 15.9 Å². The third-order valence-electron chi connectivity index (χ3n) is 6.29. The van der Waals surface area contributed by atoms with Crippen molar-refractivity contribution in [1.29, 1.82) is 0 Å². The molecule has 0 aromatic carbocycles. The minimum absolute atomic E-state index is 0.0376. The summed E-state index contributed by atoms with van der Waals surface area (Å²) >= 11 is 3.56. The molecule has 1 aliphatic carbocycles. The van der Waals surface area contributed by atoms with E-state index in [0.717, 1.165) is 17.4 Å². The maximum absolute atomic E-state index is 12.6. The largest absolute Gasteiger partial charge is 0.356 e. The highest BCUT2D eigenvalue weighted by Gasteiger charge is 2.64. The number of hydrogen-bond acceptors (Lipinski definition) is 4. The van der Waals surface area contributed by atoms with E-state index in [1.54, 1.807) is 11.9 Å². The van der Waals surface area contributed by atoms with E-state index in [1.807, 2.05) is 16.7 Å². The molecule has 1 aromatic rings. The topological polar surface area (TPSA) is 92.7 Å². The molecule has 152 valence electrons. The lowest BCUT2D eigenvalue weighted by atomic mass is 9.95. The van der Waals surface area contributed by atoms with E-state index in [2.05, 4.69) is 26.6 Å². The number of carbonyl (C=O) groups excluding carboxylic acids is 3. The third kappa shape index (κ3) is 2.95. The molecule has 3 aliphatic rings. The first-order valence-corrected chi connectivity index (χ1v) is 10.5. The SMILES string of the molecule is CC(=O)NCCCCO[C@@]12C[C@@H]3[C@@H](NC(=O)c4ccc(Br)n43)[C@@H]1CC(=O)N2C. The molecule has 8 nitrogen and oxygen atoms in total. The average Bonchev–Trinajstić information content (AvgIpc) is 3.24. The van der Waals surface area contributed by atoms with Crippen molar-refractivity contribution in [3.63, 3.8) is 0 Å². The molecule has 4 rings (SSSR count). The lowest BCUT2D eigenvalue weighted by Crippen LogP contribution is -2.51. The molecule has 4 atom stereocenters. The zero-order valence-electron chi connectivity index (χ0n) is 16.0. The summed E-state index contributed by atoms with van der Waals surface area (Å²) in [5.74, 6) is -0.186. The van der Waals surface area contributed by atoms with Crippen LogP contribution in [0.4, 0.5) is 0 Å². The van der Waals surface area contributed by atoms with E-state index in [4.69, 9.17) is 4.74 Å². The predicted octanol–water partition coefficient (Wildman–Crippen LogP) is 1.41. The Hall–Kier alpha value is -1.87. The number of hydrogen-bond donors (Lipinski definition) is 2. The van der Waals surface area contributed by atoms with Gasteiger partial charge in [-0.15, -0.1) is 0 Å². The quantitative estimate of drug-likeness (QED) is 0.638. The Kier molecular flexibility index (Phi) is 4.99. The fourth-order valence-electron chi connectivity index (χ4n) is 4.96. The van der Waals surface area contributed by atoms with Crippen LogP contribution in [0.15, 0.2) is 16.7 Å². The van der Waals surface area contributed by atoms with Gasteiger partial charge >= 0.3 is 0 Å². The molecule has 1 aromatic heterocycles. The summed E-state index contributed by atoms with van der Waals surface area (Å²) in [7, 11) is 1.80. The number of rotatable bonds is 6. The van der Waals surface area contributed by atoms with Crippen LogP contribution in [-0.4, -0.2) is 59.2 Å². The van der Waals surface area contributed by atoms with Crippen LogP contribution < -0.4 is 10.6 Å². The van der Waals surface area contributed by atoms with Crippen LogP contribution in [0.3, 0.4) is 0 Å². The Morgan fingerprint density at radius 3 is 2.93 bits per heavy atom. The van der Waals surface area contributed by atoms with Gasteiger partial charge in [0.1, 0.15) is 11.4 Å². The van der Waals surface area contributed by atoms with Gasteiger partial charge in [-0.25, -0.2) is 0 Å². The number of ether oxygens (including phenoxy) is 1. The average molecular weight is 453 g/mol. The summed E-state index contributed by atoms with van der Waals surface area (Å²) in [5.41, 5.74) is -0.0773. The number of carbonyl (C=O) groups is 3. The number of aromatic nitrogens is 1. The molecule has 28 heavy (non-hydrogen) atoms. The van der Waals surface area contributed by atoms with Gasteiger partial charge in [0.15, 0.2) is 0 Å². The molecule has 0 radical (unpaired) electrons. The van der Waals surface area contributed by atoms with Gasteiger partial charge in [0.2, 0.25) is 11.8 Å². The Bertz CT molecular complexity index is 825. The van der Waals surface area contributed by atoms with E-state index >= 15 is 0 Å². The Balaban J connectivity index is 1.52. The number of unbranched alkanes of at least 4 members (excludes halogenated alkanes) is 1. The van der Waals surface area contributed by atoms with Crippen LogP contribution in [-0.2, 0) is 14.3 Å². The maximum Gasteiger partial charge on any atom is 0.268 e. The van der Waals surface area contributed by atoms with Gasteiger partial charge in [-0.3, -0.25) is 14.4 Å². The summed E-state index contributed by atoms with van der Waals surface area (Å²) < 4.78 is 9.27. The number of nitrogens with zero attached hydrogens (tertiary/aromatic N) is 2. The zero-order valence-corrected chi connectivity index (χ0v) is 17.6. The van der Waals surface area contributed by atoms with Crippen molar-refractivity contribution >= 4 is 33.7 Å². The second-order valence-electron chi connectivity index (χ2n) is 7.83. The first-order chi connectivity index (χ1) is 13.3. The van der Waals surface area contributed by atoms with Crippen LogP contribution in [0.25, 0.3) is 0 Å². The van der Waals surface area contributed by atoms with E-state index in [9.17, 15) is 14.4 Å². The Morgan fingerprint density at radius 1 is 1.39 bits per heavy atom. The van der Waals surface area contributed by atoms with Crippen molar-refractivity contribution in [2.75, 3.05) is 20.2 Å². The Labute approximate surface area is 172 Å². The summed E-state index contributed by atoms with van der Waals surface area (Å²) in [6.45, 7) is 2.62. The highest BCUT2D eigenvalue weighted by molar-refractivity contribution is 9.10. The number of nitrogens with one attached hydrogen (secondary N) is 2. The molecule has 1 saturated carbocycles. The lowest BCUT2D eigenvalue weighted by Gasteiger charge is -2.36. The van der Waals surface area contributed by atoms with Crippen molar-refractivity contribution in [3.05, 3.63) is 22.4 Å². The van der Waals surface area contributed by atoms with Crippen LogP contribution in [0.5, 0.6) is 0 Å². The Morgan fingerprint density at radius 2 is 2.18 bits per heavy atom. The lowest BCUT2D eigenvalue weighted by molar-refractivity contribution is -0.161. The first kappa shape index (κ1) is 19.4. The second kappa shape index (κ2) is 7.18. The highest BCUT2D eigenvalue weighted by Crippen LogP contribution is 2.54. The maximum atomic E-state index is 12.6. The van der Waals surface area contributed by atoms with E-state index in [-0.39, 0.29) is 35.7 Å². The molecular formula is C19H25BrN4O4. The molecule has 0 unspecified atom stereocenters. The van der Waals surface area contributed by atoms with Gasteiger partial charge in [-0.1, -0.05) is 0 Å². The molecule has 3 amide bonds.